The first-order valence-electron chi connectivity index (χ1n) is 9.16. The van der Waals surface area contributed by atoms with Gasteiger partial charge in [-0.1, -0.05) is 24.3 Å². The van der Waals surface area contributed by atoms with Gasteiger partial charge in [-0.05, 0) is 49.1 Å². The number of phenols is 1. The van der Waals surface area contributed by atoms with Gasteiger partial charge in [0.1, 0.15) is 17.6 Å². The molecular weight excluding hydrogens is 330 g/mol. The Balaban J connectivity index is 1.51. The molecule has 1 N–H and O–H groups in total. The van der Waals surface area contributed by atoms with Crippen molar-refractivity contribution in [3.05, 3.63) is 59.7 Å². The Morgan fingerprint density at radius 1 is 1.15 bits per heavy atom. The van der Waals surface area contributed by atoms with Gasteiger partial charge < -0.3 is 19.5 Å². The minimum Gasteiger partial charge on any atom is -0.508 e. The summed E-state index contributed by atoms with van der Waals surface area (Å²) < 4.78 is 11.8. The van der Waals surface area contributed by atoms with Crippen LogP contribution in [0.25, 0.3) is 0 Å². The molecule has 136 valence electrons. The molecule has 26 heavy (non-hydrogen) atoms. The van der Waals surface area contributed by atoms with E-state index in [1.54, 1.807) is 23.1 Å². The zero-order valence-corrected chi connectivity index (χ0v) is 14.6. The first-order valence-corrected chi connectivity index (χ1v) is 9.16. The normalized spacial score (nSPS) is 20.5. The minimum absolute atomic E-state index is 0.0339. The van der Waals surface area contributed by atoms with Crippen molar-refractivity contribution >= 4 is 5.91 Å². The molecule has 2 aromatic rings. The van der Waals surface area contributed by atoms with Crippen molar-refractivity contribution in [1.29, 1.82) is 0 Å². The quantitative estimate of drug-likeness (QED) is 0.913. The zero-order valence-electron chi connectivity index (χ0n) is 14.6. The highest BCUT2D eigenvalue weighted by atomic mass is 16.5. The average Bonchev–Trinajstić information content (AvgIpc) is 2.64. The third-order valence-corrected chi connectivity index (χ3v) is 5.06. The van der Waals surface area contributed by atoms with E-state index < -0.39 is 0 Å². The maximum Gasteiger partial charge on any atom is 0.257 e. The Morgan fingerprint density at radius 2 is 2.00 bits per heavy atom. The topological polar surface area (TPSA) is 59.0 Å². The fourth-order valence-electron chi connectivity index (χ4n) is 3.35. The number of phenolic OH excluding ortho intramolecular Hbond substituents is 1. The molecule has 1 heterocycles. The molecule has 2 fully saturated rings. The van der Waals surface area contributed by atoms with Gasteiger partial charge in [-0.15, -0.1) is 0 Å². The van der Waals surface area contributed by atoms with Crippen molar-refractivity contribution < 1.29 is 19.4 Å². The number of hydrogen-bond donors (Lipinski definition) is 1. The second-order valence-corrected chi connectivity index (χ2v) is 6.87. The lowest BCUT2D eigenvalue weighted by Gasteiger charge is -2.34. The second-order valence-electron chi connectivity index (χ2n) is 6.87. The minimum atomic E-state index is -0.237. The summed E-state index contributed by atoms with van der Waals surface area (Å²) in [6, 6.07) is 14.5. The van der Waals surface area contributed by atoms with Gasteiger partial charge in [-0.25, -0.2) is 0 Å². The Labute approximate surface area is 153 Å². The summed E-state index contributed by atoms with van der Waals surface area (Å²) in [5.41, 5.74) is 1.48. The van der Waals surface area contributed by atoms with Gasteiger partial charge in [-0.3, -0.25) is 4.79 Å². The van der Waals surface area contributed by atoms with Gasteiger partial charge >= 0.3 is 0 Å². The van der Waals surface area contributed by atoms with Crippen molar-refractivity contribution in [1.82, 2.24) is 4.90 Å². The van der Waals surface area contributed by atoms with Crippen LogP contribution in [0.4, 0.5) is 0 Å². The molecule has 4 rings (SSSR count). The Bertz CT molecular complexity index is 787. The number of nitrogens with zero attached hydrogens (tertiary/aromatic N) is 1. The maximum absolute atomic E-state index is 13.1. The zero-order chi connectivity index (χ0) is 17.9. The number of hydrogen-bond acceptors (Lipinski definition) is 4. The molecule has 5 heteroatoms. The fourth-order valence-corrected chi connectivity index (χ4v) is 3.35. The number of ether oxygens (including phenoxy) is 2. The first-order chi connectivity index (χ1) is 12.7. The molecule has 0 aromatic heterocycles. The molecule has 1 atom stereocenters. The summed E-state index contributed by atoms with van der Waals surface area (Å²) in [6.45, 7) is 1.48. The lowest BCUT2D eigenvalue weighted by Crippen LogP contribution is -2.42. The Hall–Kier alpha value is -2.53. The van der Waals surface area contributed by atoms with Gasteiger partial charge in [0.05, 0.1) is 24.8 Å². The van der Waals surface area contributed by atoms with E-state index in [0.29, 0.717) is 31.0 Å². The third kappa shape index (κ3) is 3.53. The third-order valence-electron chi connectivity index (χ3n) is 5.06. The van der Waals surface area contributed by atoms with Crippen LogP contribution in [0.2, 0.25) is 0 Å². The van der Waals surface area contributed by atoms with Gasteiger partial charge in [0.15, 0.2) is 0 Å². The van der Waals surface area contributed by atoms with Gasteiger partial charge in [0.2, 0.25) is 0 Å². The maximum atomic E-state index is 13.1. The summed E-state index contributed by atoms with van der Waals surface area (Å²) in [4.78, 5) is 14.9. The molecule has 2 aliphatic rings. The molecule has 1 saturated carbocycles. The van der Waals surface area contributed by atoms with E-state index in [-0.39, 0.29) is 23.9 Å². The number of aromatic hydroxyl groups is 1. The highest BCUT2D eigenvalue weighted by Gasteiger charge is 2.29. The van der Waals surface area contributed by atoms with Crippen LogP contribution in [0.1, 0.15) is 41.3 Å². The van der Waals surface area contributed by atoms with E-state index in [2.05, 4.69) is 0 Å². The highest BCUT2D eigenvalue weighted by molar-refractivity contribution is 5.97. The summed E-state index contributed by atoms with van der Waals surface area (Å²) >= 11 is 0. The van der Waals surface area contributed by atoms with E-state index in [4.69, 9.17) is 9.47 Å². The molecule has 2 aromatic carbocycles. The van der Waals surface area contributed by atoms with Crippen molar-refractivity contribution in [3.63, 3.8) is 0 Å². The average molecular weight is 353 g/mol. The van der Waals surface area contributed by atoms with E-state index in [1.807, 2.05) is 30.3 Å². The van der Waals surface area contributed by atoms with Crippen molar-refractivity contribution in [2.24, 2.45) is 0 Å². The Morgan fingerprint density at radius 3 is 2.77 bits per heavy atom. The van der Waals surface area contributed by atoms with E-state index in [0.717, 1.165) is 18.4 Å². The summed E-state index contributed by atoms with van der Waals surface area (Å²) in [7, 11) is 0. The molecule has 0 spiro atoms. The SMILES string of the molecule is O=C(c1ccccc1OC1CCC1)N1CCOC(c2cccc(O)c2)C1. The van der Waals surface area contributed by atoms with Gasteiger partial charge in [0, 0.05) is 6.54 Å². The molecule has 5 nitrogen and oxygen atoms in total. The van der Waals surface area contributed by atoms with Crippen LogP contribution in [0.15, 0.2) is 48.5 Å². The largest absolute Gasteiger partial charge is 0.508 e. The van der Waals surface area contributed by atoms with Crippen molar-refractivity contribution in [2.75, 3.05) is 19.7 Å². The molecule has 1 amide bonds. The Kier molecular flexibility index (Phi) is 4.80. The predicted octanol–water partition coefficient (Wildman–Crippen LogP) is 3.54. The van der Waals surface area contributed by atoms with Crippen LogP contribution in [-0.2, 0) is 4.74 Å². The molecule has 1 saturated heterocycles. The number of carbonyl (C=O) groups excluding carboxylic acids is 1. The lowest BCUT2D eigenvalue weighted by molar-refractivity contribution is -0.0230. The molecule has 0 radical (unpaired) electrons. The van der Waals surface area contributed by atoms with Crippen LogP contribution in [-0.4, -0.2) is 41.7 Å². The second kappa shape index (κ2) is 7.38. The van der Waals surface area contributed by atoms with E-state index in [9.17, 15) is 9.90 Å². The summed E-state index contributed by atoms with van der Waals surface area (Å²) in [6.07, 6.45) is 3.29. The smallest absolute Gasteiger partial charge is 0.257 e. The van der Waals surface area contributed by atoms with Crippen LogP contribution < -0.4 is 4.74 Å². The summed E-state index contributed by atoms with van der Waals surface area (Å²) in [5.74, 6) is 0.838. The number of rotatable bonds is 4. The van der Waals surface area contributed by atoms with Crippen LogP contribution >= 0.6 is 0 Å². The van der Waals surface area contributed by atoms with Crippen molar-refractivity contribution in [3.8, 4) is 11.5 Å². The number of para-hydroxylation sites is 1. The van der Waals surface area contributed by atoms with E-state index in [1.165, 1.54) is 6.42 Å². The van der Waals surface area contributed by atoms with Crippen molar-refractivity contribution in [2.45, 2.75) is 31.5 Å². The number of amides is 1. The molecule has 1 aliphatic carbocycles. The monoisotopic (exact) mass is 353 g/mol. The number of carbonyl (C=O) groups is 1. The number of morpholine rings is 1. The molecule has 0 bridgehead atoms. The van der Waals surface area contributed by atoms with Crippen LogP contribution in [0.3, 0.4) is 0 Å². The number of benzene rings is 2. The molecule has 1 aliphatic heterocycles. The highest BCUT2D eigenvalue weighted by Crippen LogP contribution is 2.30. The molecular formula is C21H23NO4. The van der Waals surface area contributed by atoms with E-state index >= 15 is 0 Å². The summed E-state index contributed by atoms with van der Waals surface area (Å²) in [5, 5.41) is 9.69. The van der Waals surface area contributed by atoms with Gasteiger partial charge in [0.25, 0.3) is 5.91 Å². The van der Waals surface area contributed by atoms with Gasteiger partial charge in [-0.2, -0.15) is 0 Å². The van der Waals surface area contributed by atoms with Crippen LogP contribution in [0.5, 0.6) is 11.5 Å². The lowest BCUT2D eigenvalue weighted by atomic mass is 9.96. The first kappa shape index (κ1) is 16.9. The standard InChI is InChI=1S/C21H23NO4/c23-16-6-3-5-15(13-16)20-14-22(11-12-25-20)21(24)18-9-1-2-10-19(18)26-17-7-4-8-17/h1-3,5-6,9-10,13,17,20,23H,4,7-8,11-12,14H2. The van der Waals surface area contributed by atoms with Crippen LogP contribution in [0, 0.1) is 0 Å². The molecule has 1 unspecified atom stereocenters. The predicted molar refractivity (Wildman–Crippen MR) is 97.4 cm³/mol. The fraction of sp³-hybridized carbons (Fsp3) is 0.381.